The van der Waals surface area contributed by atoms with Gasteiger partial charge in [0.05, 0.1) is 11.4 Å². The van der Waals surface area contributed by atoms with E-state index in [2.05, 4.69) is 16.6 Å². The van der Waals surface area contributed by atoms with Crippen molar-refractivity contribution in [3.63, 3.8) is 0 Å². The minimum atomic E-state index is -3.65. The van der Waals surface area contributed by atoms with E-state index in [1.807, 2.05) is 24.3 Å². The number of piperidine rings is 1. The number of carbonyl (C=O) groups excluding carboxylic acids is 1. The first-order chi connectivity index (χ1) is 13.0. The van der Waals surface area contributed by atoms with E-state index in [9.17, 15) is 13.2 Å². The molecule has 0 atom stereocenters. The molecule has 0 bridgehead atoms. The fraction of sp³-hybridized carbons (Fsp3) is 0.250. The van der Waals surface area contributed by atoms with Crippen molar-refractivity contribution >= 4 is 33.2 Å². The molecule has 27 heavy (non-hydrogen) atoms. The van der Waals surface area contributed by atoms with Crippen LogP contribution in [0.15, 0.2) is 53.4 Å². The second-order valence-corrected chi connectivity index (χ2v) is 8.34. The average Bonchev–Trinajstić information content (AvgIpc) is 2.66. The summed E-state index contributed by atoms with van der Waals surface area (Å²) in [5.41, 5.74) is 1.62. The van der Waals surface area contributed by atoms with Crippen LogP contribution in [0.1, 0.15) is 24.8 Å². The van der Waals surface area contributed by atoms with Gasteiger partial charge in [-0.05, 0) is 55.3 Å². The summed E-state index contributed by atoms with van der Waals surface area (Å²) in [6, 6.07) is 13.4. The van der Waals surface area contributed by atoms with Gasteiger partial charge in [0.25, 0.3) is 0 Å². The summed E-state index contributed by atoms with van der Waals surface area (Å²) < 4.78 is 26.8. The van der Waals surface area contributed by atoms with Gasteiger partial charge in [-0.25, -0.2) is 8.42 Å². The lowest BCUT2D eigenvalue weighted by molar-refractivity contribution is -0.119. The number of carbonyl (C=O) groups is 1. The van der Waals surface area contributed by atoms with Gasteiger partial charge in [-0.15, -0.1) is 0 Å². The summed E-state index contributed by atoms with van der Waals surface area (Å²) in [7, 11) is -3.65. The number of amides is 1. The number of nitrogens with zero attached hydrogens (tertiary/aromatic N) is 1. The highest BCUT2D eigenvalue weighted by Gasteiger charge is 2.19. The lowest BCUT2D eigenvalue weighted by Crippen LogP contribution is -2.35. The molecule has 1 aliphatic heterocycles. The molecule has 0 saturated carbocycles. The largest absolute Gasteiger partial charge is 0.312 e. The molecule has 1 saturated heterocycles. The second kappa shape index (κ2) is 8.57. The maximum absolute atomic E-state index is 12.2. The molecule has 2 aromatic rings. The lowest BCUT2D eigenvalue weighted by atomic mass is 10.1. The molecule has 1 amide bonds. The monoisotopic (exact) mass is 402 g/mol. The summed E-state index contributed by atoms with van der Waals surface area (Å²) in [5.74, 6) is 5.86. The Morgan fingerprint density at radius 2 is 1.89 bits per heavy atom. The quantitative estimate of drug-likeness (QED) is 0.798. The SMILES string of the molecule is O=C1CCCCN1c1ccc(C#CCNS(=O)(=O)c2cccc(Cl)c2)cc1. The van der Waals surface area contributed by atoms with Crippen LogP contribution in [0.2, 0.25) is 5.02 Å². The predicted molar refractivity (Wildman–Crippen MR) is 106 cm³/mol. The number of anilines is 1. The number of hydrogen-bond donors (Lipinski definition) is 1. The highest BCUT2D eigenvalue weighted by molar-refractivity contribution is 7.89. The van der Waals surface area contributed by atoms with Crippen LogP contribution in [-0.2, 0) is 14.8 Å². The zero-order chi connectivity index (χ0) is 19.3. The number of sulfonamides is 1. The van der Waals surface area contributed by atoms with Crippen LogP contribution < -0.4 is 9.62 Å². The highest BCUT2D eigenvalue weighted by Crippen LogP contribution is 2.21. The third kappa shape index (κ3) is 5.10. The molecule has 1 heterocycles. The third-order valence-corrected chi connectivity index (χ3v) is 5.83. The Balaban J connectivity index is 1.60. The van der Waals surface area contributed by atoms with E-state index in [4.69, 9.17) is 11.6 Å². The first-order valence-electron chi connectivity index (χ1n) is 8.60. The zero-order valence-corrected chi connectivity index (χ0v) is 16.2. The van der Waals surface area contributed by atoms with Crippen LogP contribution in [-0.4, -0.2) is 27.4 Å². The fourth-order valence-electron chi connectivity index (χ4n) is 2.80. The summed E-state index contributed by atoms with van der Waals surface area (Å²) in [4.78, 5) is 13.8. The first-order valence-corrected chi connectivity index (χ1v) is 10.5. The second-order valence-electron chi connectivity index (χ2n) is 6.13. The normalized spacial score (nSPS) is 14.6. The van der Waals surface area contributed by atoms with Gasteiger partial charge in [0.1, 0.15) is 0 Å². The van der Waals surface area contributed by atoms with Gasteiger partial charge in [-0.1, -0.05) is 29.5 Å². The summed E-state index contributed by atoms with van der Waals surface area (Å²) in [6.07, 6.45) is 2.55. The third-order valence-electron chi connectivity index (χ3n) is 4.19. The van der Waals surface area contributed by atoms with Gasteiger partial charge in [-0.2, -0.15) is 4.72 Å². The van der Waals surface area contributed by atoms with Crippen LogP contribution in [0, 0.1) is 11.8 Å². The molecule has 7 heteroatoms. The number of rotatable bonds is 4. The topological polar surface area (TPSA) is 66.5 Å². The van der Waals surface area contributed by atoms with Crippen molar-refractivity contribution in [1.82, 2.24) is 4.72 Å². The average molecular weight is 403 g/mol. The van der Waals surface area contributed by atoms with Gasteiger partial charge in [0.2, 0.25) is 15.9 Å². The number of benzene rings is 2. The standard InChI is InChI=1S/C20H19ClN2O3S/c21-17-6-3-7-19(15-17)27(25,26)22-13-4-5-16-9-11-18(12-10-16)23-14-2-1-8-20(23)24/h3,6-7,9-12,15,22H,1-2,8,13-14H2. The Labute approximate surface area is 164 Å². The molecule has 140 valence electrons. The van der Waals surface area contributed by atoms with Crippen LogP contribution in [0.25, 0.3) is 0 Å². The molecule has 0 spiro atoms. The molecule has 0 aromatic heterocycles. The number of hydrogen-bond acceptors (Lipinski definition) is 3. The highest BCUT2D eigenvalue weighted by atomic mass is 35.5. The summed E-state index contributed by atoms with van der Waals surface area (Å²) >= 11 is 5.83. The number of nitrogens with one attached hydrogen (secondary N) is 1. The molecular formula is C20H19ClN2O3S. The van der Waals surface area contributed by atoms with Gasteiger partial charge in [0, 0.05) is 29.2 Å². The predicted octanol–water partition coefficient (Wildman–Crippen LogP) is 3.19. The van der Waals surface area contributed by atoms with E-state index in [0.717, 1.165) is 30.6 Å². The van der Waals surface area contributed by atoms with Crippen LogP contribution in [0.4, 0.5) is 5.69 Å². The van der Waals surface area contributed by atoms with Gasteiger partial charge >= 0.3 is 0 Å². The minimum absolute atomic E-state index is 0.0127. The molecular weight excluding hydrogens is 384 g/mol. The molecule has 0 radical (unpaired) electrons. The molecule has 5 nitrogen and oxygen atoms in total. The van der Waals surface area contributed by atoms with E-state index in [1.54, 1.807) is 17.0 Å². The van der Waals surface area contributed by atoms with Crippen LogP contribution in [0.5, 0.6) is 0 Å². The van der Waals surface area contributed by atoms with Crippen molar-refractivity contribution in [2.75, 3.05) is 18.0 Å². The maximum Gasteiger partial charge on any atom is 0.241 e. The van der Waals surface area contributed by atoms with Gasteiger partial charge in [-0.3, -0.25) is 4.79 Å². The number of halogens is 1. The van der Waals surface area contributed by atoms with Crippen molar-refractivity contribution in [2.24, 2.45) is 0 Å². The summed E-state index contributed by atoms with van der Waals surface area (Å²) in [6.45, 7) is 0.732. The van der Waals surface area contributed by atoms with Crippen molar-refractivity contribution in [2.45, 2.75) is 24.2 Å². The van der Waals surface area contributed by atoms with Crippen LogP contribution in [0.3, 0.4) is 0 Å². The van der Waals surface area contributed by atoms with Gasteiger partial charge in [0.15, 0.2) is 0 Å². The van der Waals surface area contributed by atoms with E-state index in [0.29, 0.717) is 11.4 Å². The van der Waals surface area contributed by atoms with E-state index in [-0.39, 0.29) is 17.3 Å². The van der Waals surface area contributed by atoms with Crippen molar-refractivity contribution in [3.05, 3.63) is 59.1 Å². The Hall–Kier alpha value is -2.33. The summed E-state index contributed by atoms with van der Waals surface area (Å²) in [5, 5.41) is 0.358. The smallest absolute Gasteiger partial charge is 0.241 e. The van der Waals surface area contributed by atoms with E-state index in [1.165, 1.54) is 12.1 Å². The van der Waals surface area contributed by atoms with E-state index < -0.39 is 10.0 Å². The molecule has 1 fully saturated rings. The Bertz CT molecular complexity index is 992. The Kier molecular flexibility index (Phi) is 6.17. The molecule has 1 N–H and O–H groups in total. The van der Waals surface area contributed by atoms with Crippen LogP contribution >= 0.6 is 11.6 Å². The first kappa shape index (κ1) is 19.4. The molecule has 0 aliphatic carbocycles. The van der Waals surface area contributed by atoms with Crippen molar-refractivity contribution in [3.8, 4) is 11.8 Å². The lowest BCUT2D eigenvalue weighted by Gasteiger charge is -2.26. The molecule has 1 aliphatic rings. The Morgan fingerprint density at radius 1 is 1.11 bits per heavy atom. The fourth-order valence-corrected chi connectivity index (χ4v) is 4.02. The van der Waals surface area contributed by atoms with E-state index >= 15 is 0 Å². The maximum atomic E-state index is 12.2. The van der Waals surface area contributed by atoms with Gasteiger partial charge < -0.3 is 4.90 Å². The molecule has 3 rings (SSSR count). The Morgan fingerprint density at radius 3 is 2.59 bits per heavy atom. The zero-order valence-electron chi connectivity index (χ0n) is 14.6. The molecule has 2 aromatic carbocycles. The van der Waals surface area contributed by atoms with Crippen molar-refractivity contribution < 1.29 is 13.2 Å². The minimum Gasteiger partial charge on any atom is -0.312 e. The molecule has 0 unspecified atom stereocenters. The van der Waals surface area contributed by atoms with Crippen molar-refractivity contribution in [1.29, 1.82) is 0 Å².